The number of piperidine rings is 1. The first-order valence-corrected chi connectivity index (χ1v) is 7.86. The fourth-order valence-electron chi connectivity index (χ4n) is 3.28. The summed E-state index contributed by atoms with van der Waals surface area (Å²) in [5.41, 5.74) is 0.0930. The second-order valence-corrected chi connectivity index (χ2v) is 6.25. The number of hydrogen-bond acceptors (Lipinski definition) is 3. The van der Waals surface area contributed by atoms with Crippen molar-refractivity contribution >= 4 is 17.5 Å². The Morgan fingerprint density at radius 3 is 2.71 bits per heavy atom. The monoisotopic (exact) mass is 309 g/mol. The third-order valence-electron chi connectivity index (χ3n) is 4.62. The minimum atomic E-state index is -0.449. The van der Waals surface area contributed by atoms with E-state index in [0.717, 1.165) is 12.8 Å². The van der Waals surface area contributed by atoms with E-state index < -0.39 is 11.7 Å². The molecule has 2 heterocycles. The van der Waals surface area contributed by atoms with Gasteiger partial charge in [-0.25, -0.2) is 0 Å². The Morgan fingerprint density at radius 1 is 1.33 bits per heavy atom. The van der Waals surface area contributed by atoms with E-state index in [1.54, 1.807) is 17.0 Å². The van der Waals surface area contributed by atoms with E-state index >= 15 is 0 Å². The molecule has 1 atom stereocenters. The van der Waals surface area contributed by atoms with Crippen LogP contribution in [0.2, 0.25) is 5.02 Å². The van der Waals surface area contributed by atoms with Crippen molar-refractivity contribution in [2.24, 2.45) is 0 Å². The lowest BCUT2D eigenvalue weighted by Crippen LogP contribution is -2.56. The Morgan fingerprint density at radius 2 is 2.05 bits per heavy atom. The zero-order valence-electron chi connectivity index (χ0n) is 11.9. The van der Waals surface area contributed by atoms with Crippen molar-refractivity contribution < 1.29 is 14.6 Å². The van der Waals surface area contributed by atoms with Crippen molar-refractivity contribution in [2.45, 2.75) is 37.4 Å². The fourth-order valence-corrected chi connectivity index (χ4v) is 3.50. The van der Waals surface area contributed by atoms with Crippen LogP contribution in [0.25, 0.3) is 0 Å². The van der Waals surface area contributed by atoms with Gasteiger partial charge >= 0.3 is 0 Å². The molecule has 0 aliphatic carbocycles. The van der Waals surface area contributed by atoms with E-state index in [1.165, 1.54) is 0 Å². The molecule has 0 bridgehead atoms. The van der Waals surface area contributed by atoms with E-state index in [2.05, 4.69) is 0 Å². The average molecular weight is 310 g/mol. The standard InChI is InChI=1S/C16H20ClNO3/c17-13-5-2-1-4-12(13)15(20)18-9-7-16(8-10-18)14(19)6-3-11-21-16/h1-2,4-5,14,19H,3,6-11H2/t14-/m1/s1. The molecule has 5 heteroatoms. The number of hydrogen-bond donors (Lipinski definition) is 1. The van der Waals surface area contributed by atoms with Gasteiger partial charge in [0.1, 0.15) is 0 Å². The minimum absolute atomic E-state index is 0.0410. The average Bonchev–Trinajstić information content (AvgIpc) is 2.51. The summed E-state index contributed by atoms with van der Waals surface area (Å²) in [5, 5.41) is 10.7. The van der Waals surface area contributed by atoms with Gasteiger partial charge in [-0.3, -0.25) is 4.79 Å². The van der Waals surface area contributed by atoms with E-state index in [1.807, 2.05) is 12.1 Å². The smallest absolute Gasteiger partial charge is 0.255 e. The van der Waals surface area contributed by atoms with Gasteiger partial charge in [-0.05, 0) is 37.8 Å². The van der Waals surface area contributed by atoms with Gasteiger partial charge < -0.3 is 14.7 Å². The van der Waals surface area contributed by atoms with Crippen LogP contribution in [0.3, 0.4) is 0 Å². The van der Waals surface area contributed by atoms with Gasteiger partial charge in [-0.1, -0.05) is 23.7 Å². The molecule has 114 valence electrons. The molecule has 1 aromatic carbocycles. The van der Waals surface area contributed by atoms with Crippen molar-refractivity contribution in [1.29, 1.82) is 0 Å². The van der Waals surface area contributed by atoms with Crippen LogP contribution in [0.1, 0.15) is 36.0 Å². The Bertz CT molecular complexity index is 526. The molecule has 0 radical (unpaired) electrons. The van der Waals surface area contributed by atoms with Gasteiger partial charge in [0.2, 0.25) is 0 Å². The summed E-state index contributed by atoms with van der Waals surface area (Å²) < 4.78 is 5.86. The van der Waals surface area contributed by atoms with Crippen LogP contribution in [0.5, 0.6) is 0 Å². The zero-order chi connectivity index (χ0) is 14.9. The van der Waals surface area contributed by atoms with Crippen LogP contribution >= 0.6 is 11.6 Å². The summed E-state index contributed by atoms with van der Waals surface area (Å²) in [6.07, 6.45) is 2.65. The normalized spacial score (nSPS) is 25.0. The van der Waals surface area contributed by atoms with Gasteiger partial charge in [0.25, 0.3) is 5.91 Å². The molecule has 2 aliphatic heterocycles. The molecule has 2 saturated heterocycles. The molecular formula is C16H20ClNO3. The van der Waals surface area contributed by atoms with Crippen molar-refractivity contribution in [2.75, 3.05) is 19.7 Å². The molecule has 0 aromatic heterocycles. The first kappa shape index (κ1) is 14.8. The molecule has 1 spiro atoms. The number of carbonyl (C=O) groups is 1. The second kappa shape index (κ2) is 5.95. The van der Waals surface area contributed by atoms with Crippen molar-refractivity contribution in [3.05, 3.63) is 34.9 Å². The van der Waals surface area contributed by atoms with E-state index in [-0.39, 0.29) is 5.91 Å². The number of likely N-dealkylation sites (tertiary alicyclic amines) is 1. The van der Waals surface area contributed by atoms with Gasteiger partial charge in [0.15, 0.2) is 0 Å². The highest BCUT2D eigenvalue weighted by atomic mass is 35.5. The van der Waals surface area contributed by atoms with Crippen LogP contribution in [-0.2, 0) is 4.74 Å². The zero-order valence-corrected chi connectivity index (χ0v) is 12.7. The lowest BCUT2D eigenvalue weighted by Gasteiger charge is -2.46. The maximum Gasteiger partial charge on any atom is 0.255 e. The van der Waals surface area contributed by atoms with Gasteiger partial charge in [0, 0.05) is 19.7 Å². The van der Waals surface area contributed by atoms with Gasteiger partial charge in [0.05, 0.1) is 22.3 Å². The topological polar surface area (TPSA) is 49.8 Å². The predicted octanol–water partition coefficient (Wildman–Crippen LogP) is 2.49. The molecule has 0 unspecified atom stereocenters. The summed E-state index contributed by atoms with van der Waals surface area (Å²) in [7, 11) is 0. The first-order chi connectivity index (χ1) is 10.1. The highest BCUT2D eigenvalue weighted by molar-refractivity contribution is 6.33. The van der Waals surface area contributed by atoms with Crippen molar-refractivity contribution in [3.63, 3.8) is 0 Å². The van der Waals surface area contributed by atoms with Crippen LogP contribution in [0.4, 0.5) is 0 Å². The van der Waals surface area contributed by atoms with Crippen LogP contribution in [0, 0.1) is 0 Å². The number of carbonyl (C=O) groups excluding carboxylic acids is 1. The SMILES string of the molecule is O=C(c1ccccc1Cl)N1CCC2(CC1)OCCC[C@H]2O. The third-order valence-corrected chi connectivity index (χ3v) is 4.95. The summed E-state index contributed by atoms with van der Waals surface area (Å²) in [6, 6.07) is 7.12. The highest BCUT2D eigenvalue weighted by Crippen LogP contribution is 2.35. The maximum atomic E-state index is 12.5. The molecule has 2 fully saturated rings. The van der Waals surface area contributed by atoms with Gasteiger partial charge in [-0.15, -0.1) is 0 Å². The van der Waals surface area contributed by atoms with Crippen LogP contribution in [-0.4, -0.2) is 47.3 Å². The Kier molecular flexibility index (Phi) is 4.20. The van der Waals surface area contributed by atoms with E-state index in [4.69, 9.17) is 16.3 Å². The Hall–Kier alpha value is -1.10. The quantitative estimate of drug-likeness (QED) is 0.867. The summed E-state index contributed by atoms with van der Waals surface area (Å²) in [5.74, 6) is -0.0410. The summed E-state index contributed by atoms with van der Waals surface area (Å²) in [4.78, 5) is 14.3. The number of aliphatic hydroxyl groups is 1. The molecule has 1 amide bonds. The molecule has 21 heavy (non-hydrogen) atoms. The molecule has 4 nitrogen and oxygen atoms in total. The number of ether oxygens (including phenoxy) is 1. The van der Waals surface area contributed by atoms with E-state index in [9.17, 15) is 9.90 Å². The van der Waals surface area contributed by atoms with Gasteiger partial charge in [-0.2, -0.15) is 0 Å². The Balaban J connectivity index is 1.68. The van der Waals surface area contributed by atoms with Crippen LogP contribution < -0.4 is 0 Å². The van der Waals surface area contributed by atoms with Crippen molar-refractivity contribution in [3.8, 4) is 0 Å². The number of aliphatic hydroxyl groups excluding tert-OH is 1. The summed E-state index contributed by atoms with van der Waals surface area (Å²) in [6.45, 7) is 1.90. The Labute approximate surface area is 129 Å². The lowest BCUT2D eigenvalue weighted by molar-refractivity contribution is -0.174. The van der Waals surface area contributed by atoms with Crippen LogP contribution in [0.15, 0.2) is 24.3 Å². The minimum Gasteiger partial charge on any atom is -0.390 e. The largest absolute Gasteiger partial charge is 0.390 e. The molecule has 3 rings (SSSR count). The number of benzene rings is 1. The number of halogens is 1. The fraction of sp³-hybridized carbons (Fsp3) is 0.562. The van der Waals surface area contributed by atoms with Crippen molar-refractivity contribution in [1.82, 2.24) is 4.90 Å². The summed E-state index contributed by atoms with van der Waals surface area (Å²) >= 11 is 6.09. The molecular weight excluding hydrogens is 290 g/mol. The molecule has 2 aliphatic rings. The second-order valence-electron chi connectivity index (χ2n) is 5.84. The molecule has 1 aromatic rings. The first-order valence-electron chi connectivity index (χ1n) is 7.48. The number of rotatable bonds is 1. The number of amides is 1. The van der Waals surface area contributed by atoms with E-state index in [0.29, 0.717) is 43.1 Å². The lowest BCUT2D eigenvalue weighted by atomic mass is 9.82. The number of nitrogens with zero attached hydrogens (tertiary/aromatic N) is 1. The maximum absolute atomic E-state index is 12.5. The highest BCUT2D eigenvalue weighted by Gasteiger charge is 2.44. The molecule has 1 N–H and O–H groups in total. The molecule has 0 saturated carbocycles. The predicted molar refractivity (Wildman–Crippen MR) is 80.5 cm³/mol. The third kappa shape index (κ3) is 2.80.